The van der Waals surface area contributed by atoms with E-state index in [1.807, 2.05) is 12.1 Å². The molecule has 1 saturated carbocycles. The summed E-state index contributed by atoms with van der Waals surface area (Å²) in [5, 5.41) is 12.6. The zero-order valence-corrected chi connectivity index (χ0v) is 14.5. The van der Waals surface area contributed by atoms with E-state index in [4.69, 9.17) is 0 Å². The van der Waals surface area contributed by atoms with E-state index in [0.717, 1.165) is 57.4 Å². The number of likely N-dealkylation sites (tertiary alicyclic amines) is 1. The first-order valence-corrected chi connectivity index (χ1v) is 9.51. The van der Waals surface area contributed by atoms with Gasteiger partial charge in [-0.05, 0) is 49.8 Å². The second kappa shape index (κ2) is 8.63. The van der Waals surface area contributed by atoms with Crippen LogP contribution in [0.5, 0.6) is 0 Å². The van der Waals surface area contributed by atoms with Crippen molar-refractivity contribution < 1.29 is 9.90 Å². The molecule has 1 aliphatic heterocycles. The molecule has 2 N–H and O–H groups in total. The number of rotatable bonds is 5. The van der Waals surface area contributed by atoms with Crippen molar-refractivity contribution in [2.45, 2.75) is 57.5 Å². The van der Waals surface area contributed by atoms with Crippen LogP contribution in [0.3, 0.4) is 0 Å². The van der Waals surface area contributed by atoms with E-state index in [0.29, 0.717) is 0 Å². The molecule has 1 aromatic carbocycles. The highest BCUT2D eigenvalue weighted by molar-refractivity contribution is 5.92. The molecule has 1 aliphatic carbocycles. The summed E-state index contributed by atoms with van der Waals surface area (Å²) in [7, 11) is 0. The fourth-order valence-corrected chi connectivity index (χ4v) is 3.79. The van der Waals surface area contributed by atoms with Gasteiger partial charge in [0.05, 0.1) is 6.10 Å². The number of benzene rings is 1. The largest absolute Gasteiger partial charge is 0.393 e. The van der Waals surface area contributed by atoms with Crippen molar-refractivity contribution in [3.8, 4) is 0 Å². The van der Waals surface area contributed by atoms with Gasteiger partial charge in [0.1, 0.15) is 0 Å². The number of piperidine rings is 1. The van der Waals surface area contributed by atoms with Gasteiger partial charge in [-0.3, -0.25) is 4.79 Å². The lowest BCUT2D eigenvalue weighted by Crippen LogP contribution is -2.37. The molecule has 2 aliphatic rings. The van der Waals surface area contributed by atoms with Crippen LogP contribution < -0.4 is 5.32 Å². The number of aliphatic hydroxyl groups is 1. The molecule has 0 radical (unpaired) electrons. The monoisotopic (exact) mass is 330 g/mol. The minimum Gasteiger partial charge on any atom is -0.393 e. The summed E-state index contributed by atoms with van der Waals surface area (Å²) in [4.78, 5) is 14.7. The Hall–Kier alpha value is -1.39. The van der Waals surface area contributed by atoms with Crippen molar-refractivity contribution in [3.05, 3.63) is 29.8 Å². The first kappa shape index (κ1) is 17.4. The van der Waals surface area contributed by atoms with Gasteiger partial charge in [0.2, 0.25) is 5.91 Å². The SMILES string of the molecule is O=C(Nc1ccc(CCN2CCC(O)CC2)cc1)C1CCCCC1. The third-order valence-corrected chi connectivity index (χ3v) is 5.47. The smallest absolute Gasteiger partial charge is 0.227 e. The zero-order valence-electron chi connectivity index (χ0n) is 14.5. The number of nitrogens with zero attached hydrogens (tertiary/aromatic N) is 1. The number of carbonyl (C=O) groups excluding carboxylic acids is 1. The lowest BCUT2D eigenvalue weighted by molar-refractivity contribution is -0.120. The topological polar surface area (TPSA) is 52.6 Å². The molecule has 0 bridgehead atoms. The van der Waals surface area contributed by atoms with Gasteiger partial charge in [0.25, 0.3) is 0 Å². The van der Waals surface area contributed by atoms with Gasteiger partial charge < -0.3 is 15.3 Å². The van der Waals surface area contributed by atoms with E-state index in [1.165, 1.54) is 24.8 Å². The summed E-state index contributed by atoms with van der Waals surface area (Å²) in [5.41, 5.74) is 2.22. The number of aliphatic hydroxyl groups excluding tert-OH is 1. The summed E-state index contributed by atoms with van der Waals surface area (Å²) in [6.45, 7) is 3.04. The molecular weight excluding hydrogens is 300 g/mol. The summed E-state index contributed by atoms with van der Waals surface area (Å²) < 4.78 is 0. The first-order chi connectivity index (χ1) is 11.7. The molecule has 0 spiro atoms. The fraction of sp³-hybridized carbons (Fsp3) is 0.650. The van der Waals surface area contributed by atoms with Crippen LogP contribution in [-0.2, 0) is 11.2 Å². The van der Waals surface area contributed by atoms with Crippen molar-refractivity contribution in [1.29, 1.82) is 0 Å². The molecule has 24 heavy (non-hydrogen) atoms. The van der Waals surface area contributed by atoms with Crippen LogP contribution in [0.2, 0.25) is 0 Å². The Morgan fingerprint density at radius 1 is 1.04 bits per heavy atom. The summed E-state index contributed by atoms with van der Waals surface area (Å²) in [6.07, 6.45) is 8.42. The highest BCUT2D eigenvalue weighted by atomic mass is 16.3. The van der Waals surface area contributed by atoms with Crippen molar-refractivity contribution in [2.24, 2.45) is 5.92 Å². The van der Waals surface area contributed by atoms with Crippen LogP contribution in [0.1, 0.15) is 50.5 Å². The highest BCUT2D eigenvalue weighted by Crippen LogP contribution is 2.25. The Morgan fingerprint density at radius 3 is 2.38 bits per heavy atom. The van der Waals surface area contributed by atoms with Crippen LogP contribution >= 0.6 is 0 Å². The molecule has 1 heterocycles. The summed E-state index contributed by atoms with van der Waals surface area (Å²) >= 11 is 0. The van der Waals surface area contributed by atoms with Crippen molar-refractivity contribution in [1.82, 2.24) is 4.90 Å². The number of nitrogens with one attached hydrogen (secondary N) is 1. The van der Waals surface area contributed by atoms with Crippen LogP contribution in [0.25, 0.3) is 0 Å². The minimum absolute atomic E-state index is 0.103. The average Bonchev–Trinajstić information content (AvgIpc) is 2.63. The Labute approximate surface area is 145 Å². The molecule has 0 unspecified atom stereocenters. The number of carbonyl (C=O) groups is 1. The van der Waals surface area contributed by atoms with Gasteiger partial charge in [0, 0.05) is 31.2 Å². The lowest BCUT2D eigenvalue weighted by Gasteiger charge is -2.29. The van der Waals surface area contributed by atoms with Gasteiger partial charge in [0.15, 0.2) is 0 Å². The van der Waals surface area contributed by atoms with Gasteiger partial charge >= 0.3 is 0 Å². The van der Waals surface area contributed by atoms with Crippen molar-refractivity contribution >= 4 is 11.6 Å². The van der Waals surface area contributed by atoms with Crippen molar-refractivity contribution in [2.75, 3.05) is 25.0 Å². The van der Waals surface area contributed by atoms with Gasteiger partial charge in [-0.2, -0.15) is 0 Å². The molecule has 3 rings (SSSR count). The molecule has 4 heteroatoms. The third kappa shape index (κ3) is 5.05. The quantitative estimate of drug-likeness (QED) is 0.872. The van der Waals surface area contributed by atoms with Gasteiger partial charge in [-0.25, -0.2) is 0 Å². The molecule has 1 amide bonds. The number of amides is 1. The zero-order chi connectivity index (χ0) is 16.8. The van der Waals surface area contributed by atoms with Gasteiger partial charge in [-0.1, -0.05) is 31.4 Å². The molecule has 1 saturated heterocycles. The van der Waals surface area contributed by atoms with Crippen LogP contribution in [0.4, 0.5) is 5.69 Å². The van der Waals surface area contributed by atoms with E-state index >= 15 is 0 Å². The van der Waals surface area contributed by atoms with E-state index in [1.54, 1.807) is 0 Å². The molecule has 0 atom stereocenters. The van der Waals surface area contributed by atoms with Gasteiger partial charge in [-0.15, -0.1) is 0 Å². The fourth-order valence-electron chi connectivity index (χ4n) is 3.79. The Bertz CT molecular complexity index is 515. The number of anilines is 1. The van der Waals surface area contributed by atoms with Crippen LogP contribution in [-0.4, -0.2) is 41.7 Å². The summed E-state index contributed by atoms with van der Waals surface area (Å²) in [5.74, 6) is 0.391. The normalized spacial score (nSPS) is 20.9. The van der Waals surface area contributed by atoms with Crippen molar-refractivity contribution in [3.63, 3.8) is 0 Å². The van der Waals surface area contributed by atoms with E-state index in [9.17, 15) is 9.90 Å². The maximum absolute atomic E-state index is 12.3. The second-order valence-electron chi connectivity index (χ2n) is 7.34. The van der Waals surface area contributed by atoms with E-state index < -0.39 is 0 Å². The van der Waals surface area contributed by atoms with Crippen LogP contribution in [0, 0.1) is 5.92 Å². The summed E-state index contributed by atoms with van der Waals surface area (Å²) in [6, 6.07) is 8.29. The van der Waals surface area contributed by atoms with E-state index in [2.05, 4.69) is 22.3 Å². The predicted octanol–water partition coefficient (Wildman–Crippen LogP) is 3.20. The maximum atomic E-state index is 12.3. The molecule has 1 aromatic rings. The number of hydrogen-bond donors (Lipinski definition) is 2. The van der Waals surface area contributed by atoms with Crippen LogP contribution in [0.15, 0.2) is 24.3 Å². The third-order valence-electron chi connectivity index (χ3n) is 5.47. The molecule has 4 nitrogen and oxygen atoms in total. The number of hydrogen-bond acceptors (Lipinski definition) is 3. The second-order valence-corrected chi connectivity index (χ2v) is 7.34. The Kier molecular flexibility index (Phi) is 6.27. The Balaban J connectivity index is 1.44. The molecule has 0 aromatic heterocycles. The molecule has 132 valence electrons. The first-order valence-electron chi connectivity index (χ1n) is 9.51. The average molecular weight is 330 g/mol. The maximum Gasteiger partial charge on any atom is 0.227 e. The Morgan fingerprint density at radius 2 is 1.71 bits per heavy atom. The molecule has 2 fully saturated rings. The minimum atomic E-state index is -0.103. The highest BCUT2D eigenvalue weighted by Gasteiger charge is 2.21. The standard InChI is InChI=1S/C20H30N2O2/c23-19-11-14-22(15-12-19)13-10-16-6-8-18(9-7-16)21-20(24)17-4-2-1-3-5-17/h6-9,17,19,23H,1-5,10-15H2,(H,21,24). The predicted molar refractivity (Wildman–Crippen MR) is 97.0 cm³/mol. The lowest BCUT2D eigenvalue weighted by atomic mass is 9.88. The molecular formula is C20H30N2O2. The van der Waals surface area contributed by atoms with E-state index in [-0.39, 0.29) is 17.9 Å².